The van der Waals surface area contributed by atoms with Crippen LogP contribution in [-0.2, 0) is 0 Å². The quantitative estimate of drug-likeness (QED) is 0.849. The van der Waals surface area contributed by atoms with E-state index in [1.807, 2.05) is 37.3 Å². The number of rotatable bonds is 3. The van der Waals surface area contributed by atoms with Gasteiger partial charge in [0, 0.05) is 18.0 Å². The van der Waals surface area contributed by atoms with Crippen LogP contribution in [0.5, 0.6) is 5.75 Å². The van der Waals surface area contributed by atoms with Crippen LogP contribution in [0.1, 0.15) is 5.56 Å². The zero-order valence-electron chi connectivity index (χ0n) is 9.90. The number of aryl methyl sites for hydroxylation is 1. The van der Waals surface area contributed by atoms with Crippen LogP contribution in [0.3, 0.4) is 0 Å². The molecule has 17 heavy (non-hydrogen) atoms. The Hall–Kier alpha value is -2.23. The maximum absolute atomic E-state index is 5.83. The molecular formula is C13H15N3O. The number of hydrogen-bond donors (Lipinski definition) is 2. The van der Waals surface area contributed by atoms with E-state index in [1.54, 1.807) is 13.3 Å². The van der Waals surface area contributed by atoms with E-state index in [0.29, 0.717) is 5.82 Å². The normalized spacial score (nSPS) is 10.0. The minimum Gasteiger partial charge on any atom is -0.495 e. The number of benzene rings is 1. The zero-order chi connectivity index (χ0) is 12.3. The molecule has 0 atom stereocenters. The lowest BCUT2D eigenvalue weighted by Gasteiger charge is -2.11. The molecule has 0 amide bonds. The molecule has 0 aliphatic rings. The number of ether oxygens (including phenoxy) is 1. The first kappa shape index (κ1) is 11.3. The van der Waals surface area contributed by atoms with E-state index < -0.39 is 0 Å². The topological polar surface area (TPSA) is 60.2 Å². The summed E-state index contributed by atoms with van der Waals surface area (Å²) in [6, 6.07) is 9.47. The lowest BCUT2D eigenvalue weighted by molar-refractivity contribution is 0.417. The monoisotopic (exact) mass is 229 g/mol. The van der Waals surface area contributed by atoms with Crippen LogP contribution < -0.4 is 15.8 Å². The molecule has 0 saturated heterocycles. The van der Waals surface area contributed by atoms with Crippen LogP contribution in [-0.4, -0.2) is 12.1 Å². The summed E-state index contributed by atoms with van der Waals surface area (Å²) >= 11 is 0. The van der Waals surface area contributed by atoms with Crippen LogP contribution in [0, 0.1) is 6.92 Å². The van der Waals surface area contributed by atoms with Crippen molar-refractivity contribution in [2.75, 3.05) is 18.2 Å². The van der Waals surface area contributed by atoms with Crippen LogP contribution in [0.2, 0.25) is 0 Å². The standard InChI is InChI=1S/C13H15N3O/c1-9-8-15-13(7-10(9)14)16-11-5-3-4-6-12(11)17-2/h3-8H,1-2H3,(H3,14,15,16). The summed E-state index contributed by atoms with van der Waals surface area (Å²) in [4.78, 5) is 4.26. The number of para-hydroxylation sites is 2. The third-order valence-corrected chi connectivity index (χ3v) is 2.51. The van der Waals surface area contributed by atoms with E-state index in [2.05, 4.69) is 10.3 Å². The highest BCUT2D eigenvalue weighted by atomic mass is 16.5. The maximum Gasteiger partial charge on any atom is 0.142 e. The lowest BCUT2D eigenvalue weighted by atomic mass is 10.2. The van der Waals surface area contributed by atoms with Gasteiger partial charge in [-0.15, -0.1) is 0 Å². The van der Waals surface area contributed by atoms with Crippen molar-refractivity contribution in [1.82, 2.24) is 4.98 Å². The summed E-state index contributed by atoms with van der Waals surface area (Å²) in [5.41, 5.74) is 8.39. The van der Waals surface area contributed by atoms with Crippen molar-refractivity contribution in [3.63, 3.8) is 0 Å². The summed E-state index contributed by atoms with van der Waals surface area (Å²) in [5.74, 6) is 1.48. The number of nitrogens with two attached hydrogens (primary N) is 1. The Morgan fingerprint density at radius 2 is 2.06 bits per heavy atom. The number of methoxy groups -OCH3 is 1. The van der Waals surface area contributed by atoms with Crippen molar-refractivity contribution < 1.29 is 4.74 Å². The average molecular weight is 229 g/mol. The molecule has 4 heteroatoms. The molecule has 88 valence electrons. The fourth-order valence-corrected chi connectivity index (χ4v) is 1.49. The van der Waals surface area contributed by atoms with E-state index in [4.69, 9.17) is 10.5 Å². The number of hydrogen-bond acceptors (Lipinski definition) is 4. The van der Waals surface area contributed by atoms with Gasteiger partial charge in [-0.1, -0.05) is 12.1 Å². The van der Waals surface area contributed by atoms with Gasteiger partial charge >= 0.3 is 0 Å². The summed E-state index contributed by atoms with van der Waals surface area (Å²) in [5, 5.41) is 3.18. The summed E-state index contributed by atoms with van der Waals surface area (Å²) < 4.78 is 5.25. The van der Waals surface area contributed by atoms with E-state index >= 15 is 0 Å². The molecule has 0 fully saturated rings. The largest absolute Gasteiger partial charge is 0.495 e. The fraction of sp³-hybridized carbons (Fsp3) is 0.154. The second-order valence-electron chi connectivity index (χ2n) is 3.75. The van der Waals surface area contributed by atoms with E-state index in [0.717, 1.165) is 22.7 Å². The first-order valence-corrected chi connectivity index (χ1v) is 5.33. The molecule has 0 aliphatic carbocycles. The molecule has 1 aromatic carbocycles. The van der Waals surface area contributed by atoms with Crippen LogP contribution in [0.4, 0.5) is 17.2 Å². The SMILES string of the molecule is COc1ccccc1Nc1cc(N)c(C)cn1. The van der Waals surface area contributed by atoms with E-state index in [9.17, 15) is 0 Å². The lowest BCUT2D eigenvalue weighted by Crippen LogP contribution is -1.98. The molecule has 0 bridgehead atoms. The minimum atomic E-state index is 0.706. The Morgan fingerprint density at radius 1 is 1.29 bits per heavy atom. The molecule has 0 radical (unpaired) electrons. The molecule has 3 N–H and O–H groups in total. The van der Waals surface area contributed by atoms with Crippen molar-refractivity contribution in [1.29, 1.82) is 0 Å². The third kappa shape index (κ3) is 2.47. The van der Waals surface area contributed by atoms with Gasteiger partial charge in [-0.25, -0.2) is 4.98 Å². The third-order valence-electron chi connectivity index (χ3n) is 2.51. The molecular weight excluding hydrogens is 214 g/mol. The Morgan fingerprint density at radius 3 is 2.76 bits per heavy atom. The number of anilines is 3. The second-order valence-corrected chi connectivity index (χ2v) is 3.75. The van der Waals surface area contributed by atoms with Gasteiger partial charge in [0.15, 0.2) is 0 Å². The van der Waals surface area contributed by atoms with E-state index in [-0.39, 0.29) is 0 Å². The van der Waals surface area contributed by atoms with Gasteiger partial charge in [0.05, 0.1) is 12.8 Å². The highest BCUT2D eigenvalue weighted by molar-refractivity contribution is 5.66. The highest BCUT2D eigenvalue weighted by Gasteiger charge is 2.03. The predicted octanol–water partition coefficient (Wildman–Crippen LogP) is 2.72. The van der Waals surface area contributed by atoms with Gasteiger partial charge in [-0.2, -0.15) is 0 Å². The first-order chi connectivity index (χ1) is 8.20. The molecule has 1 aromatic heterocycles. The molecule has 0 saturated carbocycles. The van der Waals surface area contributed by atoms with Gasteiger partial charge in [0.2, 0.25) is 0 Å². The van der Waals surface area contributed by atoms with E-state index in [1.165, 1.54) is 0 Å². The van der Waals surface area contributed by atoms with Gasteiger partial charge in [0.1, 0.15) is 11.6 Å². The molecule has 1 heterocycles. The summed E-state index contributed by atoms with van der Waals surface area (Å²) in [7, 11) is 1.64. The van der Waals surface area contributed by atoms with Crippen molar-refractivity contribution in [2.24, 2.45) is 0 Å². The molecule has 4 nitrogen and oxygen atoms in total. The number of aromatic nitrogens is 1. The van der Waals surface area contributed by atoms with Crippen molar-refractivity contribution in [3.8, 4) is 5.75 Å². The highest BCUT2D eigenvalue weighted by Crippen LogP contribution is 2.26. The second kappa shape index (κ2) is 4.74. The Balaban J connectivity index is 2.28. The van der Waals surface area contributed by atoms with Crippen molar-refractivity contribution in [2.45, 2.75) is 6.92 Å². The van der Waals surface area contributed by atoms with Crippen molar-refractivity contribution in [3.05, 3.63) is 42.1 Å². The minimum absolute atomic E-state index is 0.706. The van der Waals surface area contributed by atoms with Crippen LogP contribution in [0.15, 0.2) is 36.5 Å². The molecule has 2 aromatic rings. The predicted molar refractivity (Wildman–Crippen MR) is 69.7 cm³/mol. The Kier molecular flexibility index (Phi) is 3.14. The number of nitrogens with one attached hydrogen (secondary N) is 1. The van der Waals surface area contributed by atoms with Gasteiger partial charge in [-0.3, -0.25) is 0 Å². The smallest absolute Gasteiger partial charge is 0.142 e. The van der Waals surface area contributed by atoms with Gasteiger partial charge in [-0.05, 0) is 24.6 Å². The number of nitrogens with zero attached hydrogens (tertiary/aromatic N) is 1. The zero-order valence-corrected chi connectivity index (χ0v) is 9.90. The molecule has 0 aliphatic heterocycles. The number of nitrogen functional groups attached to an aromatic ring is 1. The molecule has 2 rings (SSSR count). The van der Waals surface area contributed by atoms with Gasteiger partial charge in [0.25, 0.3) is 0 Å². The fourth-order valence-electron chi connectivity index (χ4n) is 1.49. The molecule has 0 unspecified atom stereocenters. The van der Waals surface area contributed by atoms with Crippen LogP contribution >= 0.6 is 0 Å². The summed E-state index contributed by atoms with van der Waals surface area (Å²) in [6.45, 7) is 1.93. The first-order valence-electron chi connectivity index (χ1n) is 5.33. The Labute approximate surface area is 100 Å². The van der Waals surface area contributed by atoms with Crippen molar-refractivity contribution >= 4 is 17.2 Å². The molecule has 0 spiro atoms. The average Bonchev–Trinajstić information content (AvgIpc) is 2.34. The summed E-state index contributed by atoms with van der Waals surface area (Å²) in [6.07, 6.45) is 1.74. The van der Waals surface area contributed by atoms with Crippen LogP contribution in [0.25, 0.3) is 0 Å². The maximum atomic E-state index is 5.83. The Bertz CT molecular complexity index is 526. The van der Waals surface area contributed by atoms with Gasteiger partial charge < -0.3 is 15.8 Å². The number of pyridine rings is 1.